The van der Waals surface area contributed by atoms with E-state index in [1.165, 1.54) is 6.20 Å². The van der Waals surface area contributed by atoms with Crippen molar-refractivity contribution >= 4 is 28.3 Å². The molecule has 0 atom stereocenters. The molecule has 2 aromatic heterocycles. The predicted octanol–water partition coefficient (Wildman–Crippen LogP) is 5.26. The average molecular weight is 440 g/mol. The van der Waals surface area contributed by atoms with Crippen molar-refractivity contribution in [2.75, 3.05) is 5.32 Å². The highest BCUT2D eigenvalue weighted by molar-refractivity contribution is 6.05. The van der Waals surface area contributed by atoms with Crippen LogP contribution in [0.25, 0.3) is 10.9 Å². The molecule has 0 fully saturated rings. The first-order valence-corrected chi connectivity index (χ1v) is 10.5. The fourth-order valence-corrected chi connectivity index (χ4v) is 3.32. The first kappa shape index (κ1) is 22.0. The highest BCUT2D eigenvalue weighted by Gasteiger charge is 2.15. The van der Waals surface area contributed by atoms with Gasteiger partial charge in [0.25, 0.3) is 5.91 Å². The number of ether oxygens (including phenoxy) is 1. The second kappa shape index (κ2) is 8.70. The van der Waals surface area contributed by atoms with Crippen molar-refractivity contribution in [1.29, 1.82) is 5.41 Å². The number of pyridine rings is 2. The highest BCUT2D eigenvalue weighted by Crippen LogP contribution is 2.27. The molecule has 0 aliphatic carbocycles. The van der Waals surface area contributed by atoms with Crippen molar-refractivity contribution in [1.82, 2.24) is 9.97 Å². The summed E-state index contributed by atoms with van der Waals surface area (Å²) in [5.41, 5.74) is 8.90. The number of nitrogen functional groups attached to an aromatic ring is 1. The van der Waals surface area contributed by atoms with Crippen molar-refractivity contribution < 1.29 is 9.53 Å². The van der Waals surface area contributed by atoms with Crippen LogP contribution in [0.2, 0.25) is 0 Å². The molecule has 0 unspecified atom stereocenters. The third-order valence-electron chi connectivity index (χ3n) is 5.14. The fourth-order valence-electron chi connectivity index (χ4n) is 3.32. The minimum Gasteiger partial charge on any atom is -0.457 e. The first-order valence-electron chi connectivity index (χ1n) is 10.5. The maximum atomic E-state index is 12.9. The molecule has 0 radical (unpaired) electrons. The monoisotopic (exact) mass is 439 g/mol. The second-order valence-corrected chi connectivity index (χ2v) is 8.76. The predicted molar refractivity (Wildman–Crippen MR) is 130 cm³/mol. The van der Waals surface area contributed by atoms with Crippen molar-refractivity contribution in [3.8, 4) is 11.5 Å². The number of fused-ring (bicyclic) bond motifs is 1. The van der Waals surface area contributed by atoms with Crippen molar-refractivity contribution in [3.05, 3.63) is 89.9 Å². The van der Waals surface area contributed by atoms with E-state index in [-0.39, 0.29) is 17.2 Å². The maximum Gasteiger partial charge on any atom is 0.257 e. The van der Waals surface area contributed by atoms with E-state index in [0.29, 0.717) is 22.8 Å². The number of amidine groups is 1. The van der Waals surface area contributed by atoms with Crippen LogP contribution < -0.4 is 15.8 Å². The molecule has 33 heavy (non-hydrogen) atoms. The number of hydrogen-bond donors (Lipinski definition) is 3. The quantitative estimate of drug-likeness (QED) is 0.290. The number of nitrogens with two attached hydrogens (primary N) is 1. The Morgan fingerprint density at radius 2 is 1.79 bits per heavy atom. The number of nitrogens with one attached hydrogen (secondary N) is 2. The third kappa shape index (κ3) is 5.15. The molecule has 0 aliphatic heterocycles. The van der Waals surface area contributed by atoms with Gasteiger partial charge in [0.15, 0.2) is 0 Å². The summed E-state index contributed by atoms with van der Waals surface area (Å²) in [4.78, 5) is 21.3. The number of rotatable bonds is 5. The van der Waals surface area contributed by atoms with Crippen LogP contribution in [-0.2, 0) is 5.41 Å². The minimum atomic E-state index is -0.234. The summed E-state index contributed by atoms with van der Waals surface area (Å²) in [5.74, 6) is 0.712. The highest BCUT2D eigenvalue weighted by atomic mass is 16.5. The van der Waals surface area contributed by atoms with E-state index in [0.717, 1.165) is 22.2 Å². The van der Waals surface area contributed by atoms with E-state index in [1.54, 1.807) is 30.5 Å². The van der Waals surface area contributed by atoms with E-state index in [9.17, 15) is 4.79 Å². The number of carbonyl (C=O) groups is 1. The molecule has 4 aromatic rings. The number of hydrogen-bond acceptors (Lipinski definition) is 5. The van der Waals surface area contributed by atoms with E-state index in [2.05, 4.69) is 42.1 Å². The van der Waals surface area contributed by atoms with Gasteiger partial charge in [0.2, 0.25) is 0 Å². The molecular weight excluding hydrogens is 414 g/mol. The Labute approximate surface area is 192 Å². The zero-order chi connectivity index (χ0) is 23.6. The van der Waals surface area contributed by atoms with Gasteiger partial charge in [0, 0.05) is 29.5 Å². The molecule has 2 aromatic carbocycles. The van der Waals surface area contributed by atoms with E-state index in [4.69, 9.17) is 15.9 Å². The van der Waals surface area contributed by atoms with Gasteiger partial charge >= 0.3 is 0 Å². The van der Waals surface area contributed by atoms with Crippen LogP contribution in [0.5, 0.6) is 11.5 Å². The molecule has 166 valence electrons. The van der Waals surface area contributed by atoms with Gasteiger partial charge in [-0.1, -0.05) is 32.9 Å². The summed E-state index contributed by atoms with van der Waals surface area (Å²) in [5, 5.41) is 11.2. The zero-order valence-corrected chi connectivity index (χ0v) is 18.7. The number of benzene rings is 2. The number of amides is 1. The summed E-state index contributed by atoms with van der Waals surface area (Å²) in [6.45, 7) is 6.40. The van der Waals surface area contributed by atoms with Gasteiger partial charge in [0.05, 0.1) is 11.1 Å². The van der Waals surface area contributed by atoms with Crippen LogP contribution >= 0.6 is 0 Å². The fraction of sp³-hybridized carbons (Fsp3) is 0.154. The molecule has 0 spiro atoms. The number of nitrogens with zero attached hydrogens (tertiary/aromatic N) is 2. The van der Waals surface area contributed by atoms with E-state index < -0.39 is 0 Å². The molecule has 0 saturated carbocycles. The normalized spacial score (nSPS) is 11.2. The summed E-state index contributed by atoms with van der Waals surface area (Å²) < 4.78 is 5.90. The summed E-state index contributed by atoms with van der Waals surface area (Å²) in [6, 6.07) is 18.4. The molecule has 4 rings (SSSR count). The molecule has 7 heteroatoms. The van der Waals surface area contributed by atoms with Crippen molar-refractivity contribution in [2.45, 2.75) is 26.2 Å². The standard InChI is InChI=1S/C26H25N5O2/c1-26(2,3)18-5-4-6-19(13-18)31-25(32)17-11-16-12-20(7-8-22(16)30-15-17)33-21-9-10-29-23(14-21)24(27)28/h4-15H,1-3H3,(H3,27,28)(H,31,32). The van der Waals surface area contributed by atoms with Gasteiger partial charge in [-0.15, -0.1) is 0 Å². The zero-order valence-electron chi connectivity index (χ0n) is 18.7. The molecule has 0 aliphatic rings. The van der Waals surface area contributed by atoms with E-state index >= 15 is 0 Å². The van der Waals surface area contributed by atoms with Crippen molar-refractivity contribution in [2.24, 2.45) is 5.73 Å². The Hall–Kier alpha value is -4.26. The van der Waals surface area contributed by atoms with Gasteiger partial charge in [-0.3, -0.25) is 20.2 Å². The Bertz CT molecular complexity index is 1360. The maximum absolute atomic E-state index is 12.9. The number of anilines is 1. The Morgan fingerprint density at radius 1 is 1.00 bits per heavy atom. The van der Waals surface area contributed by atoms with Crippen LogP contribution in [0.3, 0.4) is 0 Å². The van der Waals surface area contributed by atoms with Crippen LogP contribution in [0, 0.1) is 5.41 Å². The summed E-state index contributed by atoms with van der Waals surface area (Å²) in [6.07, 6.45) is 3.10. The number of carbonyl (C=O) groups excluding carboxylic acids is 1. The average Bonchev–Trinajstić information content (AvgIpc) is 2.78. The van der Waals surface area contributed by atoms with Crippen molar-refractivity contribution in [3.63, 3.8) is 0 Å². The lowest BCUT2D eigenvalue weighted by Crippen LogP contribution is -2.15. The second-order valence-electron chi connectivity index (χ2n) is 8.76. The van der Waals surface area contributed by atoms with Gasteiger partial charge in [-0.2, -0.15) is 0 Å². The Morgan fingerprint density at radius 3 is 2.55 bits per heavy atom. The SMILES string of the molecule is CC(C)(C)c1cccc(NC(=O)c2cnc3ccc(Oc4ccnc(C(=N)N)c4)cc3c2)c1. The molecular formula is C26H25N5O2. The minimum absolute atomic E-state index is 0.0123. The van der Waals surface area contributed by atoms with Crippen LogP contribution in [-0.4, -0.2) is 21.7 Å². The molecule has 0 bridgehead atoms. The first-order chi connectivity index (χ1) is 15.7. The van der Waals surface area contributed by atoms with Crippen LogP contribution in [0.15, 0.2) is 73.1 Å². The lowest BCUT2D eigenvalue weighted by atomic mass is 9.87. The molecule has 4 N–H and O–H groups in total. The van der Waals surface area contributed by atoms with Gasteiger partial charge in [0.1, 0.15) is 23.0 Å². The molecule has 0 saturated heterocycles. The lowest BCUT2D eigenvalue weighted by molar-refractivity contribution is 0.102. The smallest absolute Gasteiger partial charge is 0.257 e. The van der Waals surface area contributed by atoms with Gasteiger partial charge in [-0.05, 0) is 53.4 Å². The third-order valence-corrected chi connectivity index (χ3v) is 5.14. The van der Waals surface area contributed by atoms with Gasteiger partial charge < -0.3 is 15.8 Å². The molecule has 2 heterocycles. The summed E-state index contributed by atoms with van der Waals surface area (Å²) >= 11 is 0. The molecule has 7 nitrogen and oxygen atoms in total. The summed E-state index contributed by atoms with van der Waals surface area (Å²) in [7, 11) is 0. The van der Waals surface area contributed by atoms with E-state index in [1.807, 2.05) is 30.3 Å². The largest absolute Gasteiger partial charge is 0.457 e. The Balaban J connectivity index is 1.57. The Kier molecular flexibility index (Phi) is 5.79. The lowest BCUT2D eigenvalue weighted by Gasteiger charge is -2.19. The van der Waals surface area contributed by atoms with Crippen LogP contribution in [0.4, 0.5) is 5.69 Å². The topological polar surface area (TPSA) is 114 Å². The molecule has 1 amide bonds. The van der Waals surface area contributed by atoms with Gasteiger partial charge in [-0.25, -0.2) is 0 Å². The van der Waals surface area contributed by atoms with Crippen LogP contribution in [0.1, 0.15) is 42.4 Å². The number of aromatic nitrogens is 2.